The first-order chi connectivity index (χ1) is 9.90. The molecule has 0 saturated heterocycles. The summed E-state index contributed by atoms with van der Waals surface area (Å²) >= 11 is 0. The number of hydrogen-bond donors (Lipinski definition) is 1. The van der Waals surface area contributed by atoms with Crippen LogP contribution in [0.1, 0.15) is 51.0 Å². The summed E-state index contributed by atoms with van der Waals surface area (Å²) in [5.74, 6) is 0. The maximum Gasteiger partial charge on any atom is 0.0574 e. The monoisotopic (exact) mass is 271 g/mol. The zero-order valence-electron chi connectivity index (χ0n) is 12.4. The fraction of sp³-hybridized carbons (Fsp3) is 0.529. The zero-order chi connectivity index (χ0) is 14.0. The van der Waals surface area contributed by atoms with E-state index in [0.29, 0.717) is 0 Å². The van der Waals surface area contributed by atoms with Crippen LogP contribution in [0.15, 0.2) is 30.6 Å². The standard InChI is InChI=1S/C17H25N3/c1-2-3-4-5-6-7-10-18-12-15-8-9-16-13-19-20-14-17(16)11-15/h8-9,11,13-14,18H,2-7,10,12H2,1H3. The summed E-state index contributed by atoms with van der Waals surface area (Å²) in [5.41, 5.74) is 1.32. The van der Waals surface area contributed by atoms with E-state index in [0.717, 1.165) is 18.5 Å². The van der Waals surface area contributed by atoms with E-state index in [4.69, 9.17) is 0 Å². The highest BCUT2D eigenvalue weighted by molar-refractivity contribution is 5.81. The van der Waals surface area contributed by atoms with Crippen LogP contribution in [-0.4, -0.2) is 16.7 Å². The van der Waals surface area contributed by atoms with Crippen molar-refractivity contribution in [3.8, 4) is 0 Å². The van der Waals surface area contributed by atoms with Gasteiger partial charge in [-0.3, -0.25) is 0 Å². The van der Waals surface area contributed by atoms with Crippen LogP contribution in [0.5, 0.6) is 0 Å². The molecule has 20 heavy (non-hydrogen) atoms. The van der Waals surface area contributed by atoms with Gasteiger partial charge in [0.25, 0.3) is 0 Å². The lowest BCUT2D eigenvalue weighted by Gasteiger charge is -2.06. The van der Waals surface area contributed by atoms with E-state index in [1.807, 2.05) is 12.4 Å². The molecule has 0 spiro atoms. The molecular formula is C17H25N3. The Balaban J connectivity index is 1.65. The molecule has 0 aliphatic carbocycles. The van der Waals surface area contributed by atoms with Crippen LogP contribution >= 0.6 is 0 Å². The van der Waals surface area contributed by atoms with E-state index in [-0.39, 0.29) is 0 Å². The highest BCUT2D eigenvalue weighted by Gasteiger charge is 1.97. The summed E-state index contributed by atoms with van der Waals surface area (Å²) in [4.78, 5) is 0. The van der Waals surface area contributed by atoms with Crippen LogP contribution in [0, 0.1) is 0 Å². The van der Waals surface area contributed by atoms with E-state index in [1.165, 1.54) is 49.5 Å². The third-order valence-electron chi connectivity index (χ3n) is 3.65. The number of nitrogens with one attached hydrogen (secondary N) is 1. The molecule has 0 radical (unpaired) electrons. The maximum absolute atomic E-state index is 3.93. The van der Waals surface area contributed by atoms with E-state index >= 15 is 0 Å². The fourth-order valence-corrected chi connectivity index (χ4v) is 2.42. The Morgan fingerprint density at radius 3 is 2.50 bits per heavy atom. The van der Waals surface area contributed by atoms with Gasteiger partial charge in [-0.15, -0.1) is 0 Å². The molecule has 3 nitrogen and oxygen atoms in total. The number of benzene rings is 1. The number of nitrogens with zero attached hydrogens (tertiary/aromatic N) is 2. The van der Waals surface area contributed by atoms with Gasteiger partial charge in [-0.1, -0.05) is 51.2 Å². The largest absolute Gasteiger partial charge is 0.313 e. The predicted molar refractivity (Wildman–Crippen MR) is 84.6 cm³/mol. The van der Waals surface area contributed by atoms with Gasteiger partial charge in [-0.25, -0.2) is 0 Å². The molecule has 108 valence electrons. The molecule has 0 unspecified atom stereocenters. The normalized spacial score (nSPS) is 11.1. The quantitative estimate of drug-likeness (QED) is 0.698. The van der Waals surface area contributed by atoms with Gasteiger partial charge < -0.3 is 5.32 Å². The molecule has 2 rings (SSSR count). The summed E-state index contributed by atoms with van der Waals surface area (Å²) in [6, 6.07) is 6.47. The average molecular weight is 271 g/mol. The topological polar surface area (TPSA) is 37.8 Å². The van der Waals surface area contributed by atoms with Crippen molar-refractivity contribution in [1.82, 2.24) is 15.5 Å². The number of fused-ring (bicyclic) bond motifs is 1. The van der Waals surface area contributed by atoms with Crippen LogP contribution in [0.4, 0.5) is 0 Å². The first-order valence-corrected chi connectivity index (χ1v) is 7.80. The first-order valence-electron chi connectivity index (χ1n) is 7.80. The molecule has 2 aromatic rings. The Morgan fingerprint density at radius 2 is 1.65 bits per heavy atom. The zero-order valence-corrected chi connectivity index (χ0v) is 12.4. The number of rotatable bonds is 9. The molecule has 1 aromatic heterocycles. The molecule has 0 amide bonds. The molecule has 1 aromatic carbocycles. The highest BCUT2D eigenvalue weighted by atomic mass is 15.1. The van der Waals surface area contributed by atoms with Crippen molar-refractivity contribution in [3.63, 3.8) is 0 Å². The van der Waals surface area contributed by atoms with Gasteiger partial charge in [0.2, 0.25) is 0 Å². The summed E-state index contributed by atoms with van der Waals surface area (Å²) in [7, 11) is 0. The van der Waals surface area contributed by atoms with Crippen molar-refractivity contribution in [3.05, 3.63) is 36.2 Å². The summed E-state index contributed by atoms with van der Waals surface area (Å²) in [6.45, 7) is 4.31. The smallest absolute Gasteiger partial charge is 0.0574 e. The third kappa shape index (κ3) is 4.89. The summed E-state index contributed by atoms with van der Waals surface area (Å²) < 4.78 is 0. The molecule has 3 heteroatoms. The fourth-order valence-electron chi connectivity index (χ4n) is 2.42. The third-order valence-corrected chi connectivity index (χ3v) is 3.65. The Bertz CT molecular complexity index is 510. The van der Waals surface area contributed by atoms with Crippen LogP contribution in [0.2, 0.25) is 0 Å². The number of hydrogen-bond acceptors (Lipinski definition) is 3. The van der Waals surface area contributed by atoms with Gasteiger partial charge in [0.15, 0.2) is 0 Å². The molecular weight excluding hydrogens is 246 g/mol. The molecule has 0 aliphatic heterocycles. The van der Waals surface area contributed by atoms with Crippen molar-refractivity contribution in [2.75, 3.05) is 6.54 Å². The van der Waals surface area contributed by atoms with E-state index in [9.17, 15) is 0 Å². The van der Waals surface area contributed by atoms with Crippen LogP contribution in [0.3, 0.4) is 0 Å². The van der Waals surface area contributed by atoms with Gasteiger partial charge in [0, 0.05) is 17.3 Å². The lowest BCUT2D eigenvalue weighted by atomic mass is 10.1. The number of unbranched alkanes of at least 4 members (excludes halogenated alkanes) is 5. The van der Waals surface area contributed by atoms with Crippen molar-refractivity contribution in [1.29, 1.82) is 0 Å². The highest BCUT2D eigenvalue weighted by Crippen LogP contribution is 2.13. The Labute approximate surface area is 121 Å². The van der Waals surface area contributed by atoms with Crippen molar-refractivity contribution in [2.45, 2.75) is 52.0 Å². The second kappa shape index (κ2) is 8.64. The van der Waals surface area contributed by atoms with Gasteiger partial charge >= 0.3 is 0 Å². The average Bonchev–Trinajstić information content (AvgIpc) is 2.50. The van der Waals surface area contributed by atoms with E-state index in [2.05, 4.69) is 40.6 Å². The molecule has 0 aliphatic rings. The van der Waals surface area contributed by atoms with Crippen molar-refractivity contribution < 1.29 is 0 Å². The first kappa shape index (κ1) is 14.9. The second-order valence-corrected chi connectivity index (χ2v) is 5.40. The minimum atomic E-state index is 0.938. The Kier molecular flexibility index (Phi) is 6.45. The molecule has 1 N–H and O–H groups in total. The SMILES string of the molecule is CCCCCCCCNCc1ccc2cnncc2c1. The van der Waals surface area contributed by atoms with Gasteiger partial charge in [0.05, 0.1) is 12.4 Å². The lowest BCUT2D eigenvalue weighted by molar-refractivity contribution is 0.572. The summed E-state index contributed by atoms with van der Waals surface area (Å²) in [6.07, 6.45) is 11.7. The molecule has 0 atom stereocenters. The molecule has 0 saturated carbocycles. The molecule has 0 bridgehead atoms. The van der Waals surface area contributed by atoms with Gasteiger partial charge in [0.1, 0.15) is 0 Å². The van der Waals surface area contributed by atoms with E-state index < -0.39 is 0 Å². The van der Waals surface area contributed by atoms with Crippen molar-refractivity contribution >= 4 is 10.8 Å². The second-order valence-electron chi connectivity index (χ2n) is 5.40. The Hall–Kier alpha value is -1.48. The maximum atomic E-state index is 3.93. The summed E-state index contributed by atoms with van der Waals surface area (Å²) in [5, 5.41) is 13.7. The molecule has 0 fully saturated rings. The van der Waals surface area contributed by atoms with Crippen LogP contribution in [-0.2, 0) is 6.54 Å². The van der Waals surface area contributed by atoms with Crippen molar-refractivity contribution in [2.24, 2.45) is 0 Å². The predicted octanol–water partition coefficient (Wildman–Crippen LogP) is 4.08. The lowest BCUT2D eigenvalue weighted by Crippen LogP contribution is -2.14. The number of aromatic nitrogens is 2. The van der Waals surface area contributed by atoms with Gasteiger partial charge in [-0.05, 0) is 24.6 Å². The van der Waals surface area contributed by atoms with Gasteiger partial charge in [-0.2, -0.15) is 10.2 Å². The molecule has 1 heterocycles. The minimum Gasteiger partial charge on any atom is -0.313 e. The Morgan fingerprint density at radius 1 is 0.900 bits per heavy atom. The van der Waals surface area contributed by atoms with Crippen LogP contribution in [0.25, 0.3) is 10.8 Å². The van der Waals surface area contributed by atoms with E-state index in [1.54, 1.807) is 0 Å². The van der Waals surface area contributed by atoms with Crippen LogP contribution < -0.4 is 5.32 Å². The minimum absolute atomic E-state index is 0.938.